The highest BCUT2D eigenvalue weighted by molar-refractivity contribution is 6.30. The Kier molecular flexibility index (Phi) is 4.29. The molecular weight excluding hydrogens is 307 g/mol. The van der Waals surface area contributed by atoms with Crippen molar-refractivity contribution in [2.24, 2.45) is 0 Å². The summed E-state index contributed by atoms with van der Waals surface area (Å²) in [6.45, 7) is 0.825. The molecule has 0 fully saturated rings. The fourth-order valence-corrected chi connectivity index (χ4v) is 1.98. The predicted octanol–water partition coefficient (Wildman–Crippen LogP) is 3.21. The molecule has 0 saturated heterocycles. The molecule has 2 aromatic carbocycles. The average molecular weight is 319 g/mol. The van der Waals surface area contributed by atoms with Gasteiger partial charge < -0.3 is 4.74 Å². The van der Waals surface area contributed by atoms with Gasteiger partial charge in [-0.3, -0.25) is 0 Å². The number of tetrazole rings is 1. The summed E-state index contributed by atoms with van der Waals surface area (Å²) < 4.78 is 18.7. The molecule has 5 nitrogen and oxygen atoms in total. The zero-order valence-corrected chi connectivity index (χ0v) is 12.2. The van der Waals surface area contributed by atoms with Gasteiger partial charge in [-0.2, -0.15) is 4.80 Å². The summed E-state index contributed by atoms with van der Waals surface area (Å²) in [5.74, 6) is 0.765. The number of ether oxygens (including phenoxy) is 1. The van der Waals surface area contributed by atoms with Crippen LogP contribution in [0.4, 0.5) is 4.39 Å². The number of hydrogen-bond donors (Lipinski definition) is 0. The van der Waals surface area contributed by atoms with Gasteiger partial charge in [-0.15, -0.1) is 10.2 Å². The molecular formula is C15H12ClFN4O. The molecule has 0 N–H and O–H groups in total. The SMILES string of the molecule is Fc1cccc(-c2nnn(CCOc3ccc(Cl)cc3)n2)c1. The molecule has 22 heavy (non-hydrogen) atoms. The molecule has 0 aliphatic rings. The van der Waals surface area contributed by atoms with E-state index in [1.54, 1.807) is 36.4 Å². The first-order valence-electron chi connectivity index (χ1n) is 6.63. The predicted molar refractivity (Wildman–Crippen MR) is 80.2 cm³/mol. The van der Waals surface area contributed by atoms with E-state index in [4.69, 9.17) is 16.3 Å². The normalized spacial score (nSPS) is 10.6. The van der Waals surface area contributed by atoms with Crippen LogP contribution < -0.4 is 4.74 Å². The second-order valence-electron chi connectivity index (χ2n) is 4.52. The van der Waals surface area contributed by atoms with Crippen LogP contribution in [0.3, 0.4) is 0 Å². The molecule has 112 valence electrons. The van der Waals surface area contributed by atoms with Gasteiger partial charge in [0.15, 0.2) is 0 Å². The molecule has 0 saturated carbocycles. The maximum absolute atomic E-state index is 13.2. The fourth-order valence-electron chi connectivity index (χ4n) is 1.86. The number of benzene rings is 2. The van der Waals surface area contributed by atoms with Crippen molar-refractivity contribution in [3.63, 3.8) is 0 Å². The lowest BCUT2D eigenvalue weighted by atomic mass is 10.2. The van der Waals surface area contributed by atoms with Crippen molar-refractivity contribution in [3.8, 4) is 17.1 Å². The molecule has 0 aliphatic heterocycles. The van der Waals surface area contributed by atoms with Crippen molar-refractivity contribution in [1.82, 2.24) is 20.2 Å². The van der Waals surface area contributed by atoms with Crippen LogP contribution in [0.1, 0.15) is 0 Å². The molecule has 0 bridgehead atoms. The smallest absolute Gasteiger partial charge is 0.205 e. The Hall–Kier alpha value is -2.47. The molecule has 0 aliphatic carbocycles. The van der Waals surface area contributed by atoms with Crippen LogP contribution in [0.15, 0.2) is 48.5 Å². The second-order valence-corrected chi connectivity index (χ2v) is 4.96. The number of aromatic nitrogens is 4. The quantitative estimate of drug-likeness (QED) is 0.725. The first-order valence-corrected chi connectivity index (χ1v) is 7.00. The lowest BCUT2D eigenvalue weighted by Gasteiger charge is -2.04. The maximum atomic E-state index is 13.2. The van der Waals surface area contributed by atoms with Crippen LogP contribution in [-0.4, -0.2) is 26.8 Å². The molecule has 3 rings (SSSR count). The third-order valence-electron chi connectivity index (χ3n) is 2.91. The van der Waals surface area contributed by atoms with E-state index >= 15 is 0 Å². The molecule has 1 aromatic heterocycles. The van der Waals surface area contributed by atoms with Gasteiger partial charge in [0.25, 0.3) is 0 Å². The summed E-state index contributed by atoms with van der Waals surface area (Å²) in [7, 11) is 0. The van der Waals surface area contributed by atoms with E-state index in [0.29, 0.717) is 29.6 Å². The summed E-state index contributed by atoms with van der Waals surface area (Å²) in [5, 5.41) is 12.7. The Morgan fingerprint density at radius 1 is 1.14 bits per heavy atom. The molecule has 3 aromatic rings. The highest BCUT2D eigenvalue weighted by atomic mass is 35.5. The van der Waals surface area contributed by atoms with Crippen molar-refractivity contribution in [3.05, 3.63) is 59.4 Å². The number of rotatable bonds is 5. The van der Waals surface area contributed by atoms with Gasteiger partial charge in [0.2, 0.25) is 5.82 Å². The van der Waals surface area contributed by atoms with Gasteiger partial charge in [-0.25, -0.2) is 4.39 Å². The van der Waals surface area contributed by atoms with Crippen LogP contribution in [0.2, 0.25) is 5.02 Å². The van der Waals surface area contributed by atoms with Crippen molar-refractivity contribution >= 4 is 11.6 Å². The topological polar surface area (TPSA) is 52.8 Å². The van der Waals surface area contributed by atoms with Crippen molar-refractivity contribution < 1.29 is 9.13 Å². The van der Waals surface area contributed by atoms with Crippen LogP contribution in [0.5, 0.6) is 5.75 Å². The van der Waals surface area contributed by atoms with Gasteiger partial charge in [0, 0.05) is 10.6 Å². The third kappa shape index (κ3) is 3.59. The van der Waals surface area contributed by atoms with Crippen LogP contribution in [0.25, 0.3) is 11.4 Å². The van der Waals surface area contributed by atoms with E-state index in [-0.39, 0.29) is 5.82 Å². The molecule has 0 unspecified atom stereocenters. The lowest BCUT2D eigenvalue weighted by Crippen LogP contribution is -2.11. The Balaban J connectivity index is 1.59. The van der Waals surface area contributed by atoms with Crippen LogP contribution in [-0.2, 0) is 6.54 Å². The highest BCUT2D eigenvalue weighted by Gasteiger charge is 2.06. The molecule has 0 spiro atoms. The maximum Gasteiger partial charge on any atom is 0.205 e. The summed E-state index contributed by atoms with van der Waals surface area (Å²) in [6.07, 6.45) is 0. The first-order chi connectivity index (χ1) is 10.7. The first kappa shape index (κ1) is 14.5. The standard InChI is InChI=1S/C15H12ClFN4O/c16-12-4-6-14(7-5-12)22-9-8-21-19-15(18-20-21)11-2-1-3-13(17)10-11/h1-7,10H,8-9H2. The Morgan fingerprint density at radius 3 is 2.73 bits per heavy atom. The van der Waals surface area contributed by atoms with E-state index in [9.17, 15) is 4.39 Å². The third-order valence-corrected chi connectivity index (χ3v) is 3.16. The van der Waals surface area contributed by atoms with Crippen molar-refractivity contribution in [2.75, 3.05) is 6.61 Å². The van der Waals surface area contributed by atoms with Gasteiger partial charge in [0.05, 0.1) is 6.54 Å². The van der Waals surface area contributed by atoms with E-state index in [1.165, 1.54) is 16.9 Å². The largest absolute Gasteiger partial charge is 0.492 e. The Morgan fingerprint density at radius 2 is 1.95 bits per heavy atom. The molecule has 0 amide bonds. The zero-order valence-electron chi connectivity index (χ0n) is 11.5. The van der Waals surface area contributed by atoms with Gasteiger partial charge >= 0.3 is 0 Å². The lowest BCUT2D eigenvalue weighted by molar-refractivity contribution is 0.280. The van der Waals surface area contributed by atoms with Crippen LogP contribution >= 0.6 is 11.6 Å². The zero-order chi connectivity index (χ0) is 15.4. The van der Waals surface area contributed by atoms with Crippen molar-refractivity contribution in [2.45, 2.75) is 6.54 Å². The van der Waals surface area contributed by atoms with E-state index in [1.807, 2.05) is 0 Å². The number of hydrogen-bond acceptors (Lipinski definition) is 4. The van der Waals surface area contributed by atoms with Gasteiger partial charge in [0.1, 0.15) is 18.2 Å². The highest BCUT2D eigenvalue weighted by Crippen LogP contribution is 2.16. The molecule has 0 radical (unpaired) electrons. The minimum absolute atomic E-state index is 0.333. The second kappa shape index (κ2) is 6.53. The minimum Gasteiger partial charge on any atom is -0.492 e. The van der Waals surface area contributed by atoms with Gasteiger partial charge in [-0.1, -0.05) is 23.7 Å². The molecule has 0 atom stereocenters. The summed E-state index contributed by atoms with van der Waals surface area (Å²) in [6, 6.07) is 13.2. The van der Waals surface area contributed by atoms with E-state index in [2.05, 4.69) is 15.4 Å². The van der Waals surface area contributed by atoms with E-state index in [0.717, 1.165) is 5.75 Å². The summed E-state index contributed by atoms with van der Waals surface area (Å²) >= 11 is 5.80. The minimum atomic E-state index is -0.333. The molecule has 7 heteroatoms. The fraction of sp³-hybridized carbons (Fsp3) is 0.133. The number of halogens is 2. The monoisotopic (exact) mass is 318 g/mol. The summed E-state index contributed by atoms with van der Waals surface area (Å²) in [5.41, 5.74) is 0.588. The average Bonchev–Trinajstić information content (AvgIpc) is 2.98. The Bertz CT molecular complexity index is 760. The van der Waals surface area contributed by atoms with Crippen LogP contribution in [0, 0.1) is 5.82 Å². The Labute approximate surface area is 131 Å². The summed E-state index contributed by atoms with van der Waals surface area (Å²) in [4.78, 5) is 1.41. The van der Waals surface area contributed by atoms with Crippen molar-refractivity contribution in [1.29, 1.82) is 0 Å². The van der Waals surface area contributed by atoms with Gasteiger partial charge in [-0.05, 0) is 41.6 Å². The number of nitrogens with zero attached hydrogens (tertiary/aromatic N) is 4. The molecule has 1 heterocycles. The van der Waals surface area contributed by atoms with E-state index < -0.39 is 0 Å².